The Morgan fingerprint density at radius 3 is 2.53 bits per heavy atom. The second-order valence-electron chi connectivity index (χ2n) is 6.51. The van der Waals surface area contributed by atoms with Crippen molar-refractivity contribution < 1.29 is 28.9 Å². The number of para-hydroxylation sites is 1. The summed E-state index contributed by atoms with van der Waals surface area (Å²) in [5.74, 6) is -0.315. The summed E-state index contributed by atoms with van der Waals surface area (Å²) in [6, 6.07) is 9.91. The van der Waals surface area contributed by atoms with Crippen molar-refractivity contribution in [1.29, 1.82) is 0 Å². The first-order valence-electron chi connectivity index (χ1n) is 9.83. The van der Waals surface area contributed by atoms with Crippen molar-refractivity contribution in [1.82, 2.24) is 0 Å². The molecule has 1 atom stereocenters. The fourth-order valence-corrected chi connectivity index (χ4v) is 3.32. The molecule has 0 heterocycles. The van der Waals surface area contributed by atoms with Gasteiger partial charge in [0.15, 0.2) is 11.5 Å². The molecule has 0 spiro atoms. The fourth-order valence-electron chi connectivity index (χ4n) is 3.14. The molecule has 0 radical (unpaired) electrons. The van der Waals surface area contributed by atoms with Crippen LogP contribution in [0.5, 0.6) is 11.5 Å². The van der Waals surface area contributed by atoms with Crippen LogP contribution in [0.1, 0.15) is 24.2 Å². The van der Waals surface area contributed by atoms with Gasteiger partial charge in [0.2, 0.25) is 0 Å². The number of amides is 1. The predicted octanol–water partition coefficient (Wildman–Crippen LogP) is 4.08. The van der Waals surface area contributed by atoms with Gasteiger partial charge in [-0.2, -0.15) is 0 Å². The molecular formula is C24H26ClNO6. The van der Waals surface area contributed by atoms with Crippen LogP contribution >= 0.6 is 11.6 Å². The minimum Gasteiger partial charge on any atom is -0.493 e. The molecule has 170 valence electrons. The van der Waals surface area contributed by atoms with Crippen LogP contribution < -0.4 is 14.4 Å². The van der Waals surface area contributed by atoms with E-state index in [2.05, 4.69) is 6.58 Å². The number of hydrogen-bond donors (Lipinski definition) is 1. The molecule has 0 aliphatic rings. The lowest BCUT2D eigenvalue weighted by Crippen LogP contribution is -2.31. The van der Waals surface area contributed by atoms with Gasteiger partial charge in [-0.05, 0) is 31.2 Å². The lowest BCUT2D eigenvalue weighted by molar-refractivity contribution is -0.137. The molecule has 2 aromatic carbocycles. The van der Waals surface area contributed by atoms with Crippen molar-refractivity contribution >= 4 is 29.2 Å². The lowest BCUT2D eigenvalue weighted by atomic mass is 9.97. The first kappa shape index (κ1) is 25.0. The molecule has 0 saturated carbocycles. The number of rotatable bonds is 10. The van der Waals surface area contributed by atoms with Gasteiger partial charge >= 0.3 is 5.97 Å². The SMILES string of the molecule is C=CCN(C(=O)C=CC(=O)OCC)c1ccc(Cl)cc1C(O)c1cccc(OC)c1OC. The van der Waals surface area contributed by atoms with E-state index in [4.69, 9.17) is 25.8 Å². The minimum atomic E-state index is -1.19. The number of halogens is 1. The van der Waals surface area contributed by atoms with Crippen molar-refractivity contribution in [3.8, 4) is 11.5 Å². The highest BCUT2D eigenvalue weighted by atomic mass is 35.5. The highest BCUT2D eigenvalue weighted by molar-refractivity contribution is 6.30. The van der Waals surface area contributed by atoms with Crippen LogP contribution in [0.15, 0.2) is 61.2 Å². The van der Waals surface area contributed by atoms with Crippen LogP contribution in [0.4, 0.5) is 5.69 Å². The summed E-state index contributed by atoms with van der Waals surface area (Å²) in [7, 11) is 2.97. The second-order valence-corrected chi connectivity index (χ2v) is 6.95. The standard InChI is InChI=1S/C24H26ClNO6/c1-5-14-26(21(27)12-13-22(28)32-6-2)19-11-10-16(25)15-18(19)23(29)17-8-7-9-20(30-3)24(17)31-4/h5,7-13,15,23,29H,1,6,14H2,2-4H3. The maximum Gasteiger partial charge on any atom is 0.330 e. The fraction of sp³-hybridized carbons (Fsp3) is 0.250. The Balaban J connectivity index is 2.55. The summed E-state index contributed by atoms with van der Waals surface area (Å²) in [5.41, 5.74) is 1.19. The minimum absolute atomic E-state index is 0.128. The smallest absolute Gasteiger partial charge is 0.330 e. The molecular weight excluding hydrogens is 434 g/mol. The number of carbonyl (C=O) groups is 2. The first-order chi connectivity index (χ1) is 15.4. The number of methoxy groups -OCH3 is 2. The predicted molar refractivity (Wildman–Crippen MR) is 123 cm³/mol. The molecule has 0 saturated heterocycles. The zero-order chi connectivity index (χ0) is 23.7. The van der Waals surface area contributed by atoms with Crippen molar-refractivity contribution in [3.05, 3.63) is 77.4 Å². The van der Waals surface area contributed by atoms with Crippen LogP contribution in [0.3, 0.4) is 0 Å². The van der Waals surface area contributed by atoms with Gasteiger partial charge in [-0.3, -0.25) is 4.79 Å². The molecule has 2 aromatic rings. The zero-order valence-electron chi connectivity index (χ0n) is 18.2. The number of benzene rings is 2. The summed E-state index contributed by atoms with van der Waals surface area (Å²) in [6.45, 7) is 5.70. The highest BCUT2D eigenvalue weighted by Crippen LogP contribution is 2.40. The Hall–Kier alpha value is -3.29. The number of ether oxygens (including phenoxy) is 3. The number of aliphatic hydroxyl groups is 1. The van der Waals surface area contributed by atoms with Crippen molar-refractivity contribution in [2.24, 2.45) is 0 Å². The largest absolute Gasteiger partial charge is 0.493 e. The molecule has 32 heavy (non-hydrogen) atoms. The van der Waals surface area contributed by atoms with E-state index in [1.165, 1.54) is 25.2 Å². The van der Waals surface area contributed by atoms with Gasteiger partial charge in [0.05, 0.1) is 26.5 Å². The third-order valence-electron chi connectivity index (χ3n) is 4.53. The first-order valence-corrected chi connectivity index (χ1v) is 10.2. The van der Waals surface area contributed by atoms with Crippen molar-refractivity contribution in [2.45, 2.75) is 13.0 Å². The zero-order valence-corrected chi connectivity index (χ0v) is 19.0. The van der Waals surface area contributed by atoms with Gasteiger partial charge in [0.1, 0.15) is 6.10 Å². The molecule has 1 unspecified atom stereocenters. The normalized spacial score (nSPS) is 11.7. The van der Waals surface area contributed by atoms with E-state index >= 15 is 0 Å². The Morgan fingerprint density at radius 2 is 1.91 bits per heavy atom. The van der Waals surface area contributed by atoms with E-state index in [9.17, 15) is 14.7 Å². The Morgan fingerprint density at radius 1 is 1.16 bits per heavy atom. The van der Waals surface area contributed by atoms with E-state index in [0.717, 1.165) is 12.2 Å². The second kappa shape index (κ2) is 11.9. The average molecular weight is 460 g/mol. The summed E-state index contributed by atoms with van der Waals surface area (Å²) in [4.78, 5) is 25.9. The topological polar surface area (TPSA) is 85.3 Å². The van der Waals surface area contributed by atoms with Gasteiger partial charge in [-0.25, -0.2) is 4.79 Å². The van der Waals surface area contributed by atoms with Crippen LogP contribution in [0.2, 0.25) is 5.02 Å². The van der Waals surface area contributed by atoms with E-state index in [-0.39, 0.29) is 13.2 Å². The summed E-state index contributed by atoms with van der Waals surface area (Å²) < 4.78 is 15.6. The number of aliphatic hydroxyl groups excluding tert-OH is 1. The molecule has 0 aromatic heterocycles. The Bertz CT molecular complexity index is 1000. The van der Waals surface area contributed by atoms with Gasteiger partial charge in [0, 0.05) is 34.8 Å². The van der Waals surface area contributed by atoms with Crippen LogP contribution in [0, 0.1) is 0 Å². The summed E-state index contributed by atoms with van der Waals surface area (Å²) >= 11 is 6.21. The lowest BCUT2D eigenvalue weighted by Gasteiger charge is -2.26. The van der Waals surface area contributed by atoms with Gasteiger partial charge in [0.25, 0.3) is 5.91 Å². The van der Waals surface area contributed by atoms with Crippen LogP contribution in [-0.2, 0) is 14.3 Å². The molecule has 8 heteroatoms. The van der Waals surface area contributed by atoms with E-state index < -0.39 is 18.0 Å². The Kier molecular flexibility index (Phi) is 9.31. The number of carbonyl (C=O) groups excluding carboxylic acids is 2. The van der Waals surface area contributed by atoms with Gasteiger partial charge in [-0.15, -0.1) is 6.58 Å². The molecule has 1 N–H and O–H groups in total. The molecule has 0 bridgehead atoms. The summed E-state index contributed by atoms with van der Waals surface area (Å²) in [6.07, 6.45) is 2.51. The van der Waals surface area contributed by atoms with E-state index in [1.54, 1.807) is 43.3 Å². The average Bonchev–Trinajstić information content (AvgIpc) is 2.80. The van der Waals surface area contributed by atoms with Gasteiger partial charge in [-0.1, -0.05) is 29.8 Å². The monoisotopic (exact) mass is 459 g/mol. The van der Waals surface area contributed by atoms with Crippen LogP contribution in [-0.4, -0.2) is 44.4 Å². The quantitative estimate of drug-likeness (QED) is 0.327. The van der Waals surface area contributed by atoms with Gasteiger partial charge < -0.3 is 24.2 Å². The maximum atomic E-state index is 12.9. The number of nitrogens with zero attached hydrogens (tertiary/aromatic N) is 1. The molecule has 7 nitrogen and oxygen atoms in total. The highest BCUT2D eigenvalue weighted by Gasteiger charge is 2.25. The molecule has 0 aliphatic heterocycles. The maximum absolute atomic E-state index is 12.9. The number of esters is 1. The third-order valence-corrected chi connectivity index (χ3v) is 4.76. The number of hydrogen-bond acceptors (Lipinski definition) is 6. The Labute approximate surface area is 192 Å². The molecule has 2 rings (SSSR count). The van der Waals surface area contributed by atoms with E-state index in [1.807, 2.05) is 0 Å². The van der Waals surface area contributed by atoms with Crippen molar-refractivity contribution in [2.75, 3.05) is 32.3 Å². The summed E-state index contributed by atoms with van der Waals surface area (Å²) in [5, 5.41) is 11.6. The molecule has 0 aliphatic carbocycles. The van der Waals surface area contributed by atoms with E-state index in [0.29, 0.717) is 33.3 Å². The number of anilines is 1. The third kappa shape index (κ3) is 5.90. The molecule has 1 amide bonds. The van der Waals surface area contributed by atoms with Crippen molar-refractivity contribution in [3.63, 3.8) is 0 Å². The van der Waals surface area contributed by atoms with Crippen LogP contribution in [0.25, 0.3) is 0 Å². The molecule has 0 fully saturated rings.